The van der Waals surface area contributed by atoms with Crippen LogP contribution in [0.15, 0.2) is 18.2 Å². The van der Waals surface area contributed by atoms with Crippen LogP contribution in [-0.2, 0) is 16.1 Å². The lowest BCUT2D eigenvalue weighted by Crippen LogP contribution is -2.47. The van der Waals surface area contributed by atoms with Crippen LogP contribution < -0.4 is 15.8 Å². The summed E-state index contributed by atoms with van der Waals surface area (Å²) in [7, 11) is 3.21. The molecule has 0 aliphatic carbocycles. The monoisotopic (exact) mass is 341 g/mol. The summed E-state index contributed by atoms with van der Waals surface area (Å²) in [4.78, 5) is 25.4. The number of rotatable bonds is 7. The Labute approximate surface area is 141 Å². The zero-order valence-corrected chi connectivity index (χ0v) is 14.7. The highest BCUT2D eigenvalue weighted by molar-refractivity contribution is 6.30. The van der Waals surface area contributed by atoms with Gasteiger partial charge in [-0.25, -0.2) is 0 Å². The Bertz CT molecular complexity index is 564. The lowest BCUT2D eigenvalue weighted by Gasteiger charge is -2.20. The van der Waals surface area contributed by atoms with E-state index >= 15 is 0 Å². The van der Waals surface area contributed by atoms with Crippen molar-refractivity contribution in [3.8, 4) is 5.75 Å². The molecule has 0 saturated heterocycles. The molecule has 0 unspecified atom stereocenters. The number of amides is 2. The average Bonchev–Trinajstić information content (AvgIpc) is 2.51. The van der Waals surface area contributed by atoms with Gasteiger partial charge in [0.15, 0.2) is 0 Å². The first-order valence-corrected chi connectivity index (χ1v) is 7.73. The van der Waals surface area contributed by atoms with Gasteiger partial charge in [-0.2, -0.15) is 0 Å². The molecule has 0 spiro atoms. The van der Waals surface area contributed by atoms with E-state index in [9.17, 15) is 9.59 Å². The van der Waals surface area contributed by atoms with Crippen LogP contribution in [0.2, 0.25) is 5.02 Å². The van der Waals surface area contributed by atoms with Crippen LogP contribution in [0.3, 0.4) is 0 Å². The molecule has 0 saturated carbocycles. The van der Waals surface area contributed by atoms with E-state index in [1.165, 1.54) is 4.90 Å². The van der Waals surface area contributed by atoms with Gasteiger partial charge in [0.1, 0.15) is 5.75 Å². The van der Waals surface area contributed by atoms with Gasteiger partial charge in [0.25, 0.3) is 0 Å². The quantitative estimate of drug-likeness (QED) is 0.785. The predicted octanol–water partition coefficient (Wildman–Crippen LogP) is 1.41. The highest BCUT2D eigenvalue weighted by Crippen LogP contribution is 2.23. The molecule has 1 aromatic rings. The maximum atomic E-state index is 12.1. The minimum Gasteiger partial charge on any atom is -0.496 e. The second-order valence-corrected chi connectivity index (χ2v) is 6.13. The molecular weight excluding hydrogens is 318 g/mol. The number of hydrogen-bond donors (Lipinski definition) is 2. The summed E-state index contributed by atoms with van der Waals surface area (Å²) in [6.07, 6.45) is 0. The standard InChI is InChI=1S/C16H24ClN3O3/c1-10(2)15(18)16(22)19-8-14(21)20(3)9-11-7-12(17)5-6-13(11)23-4/h5-7,10,15H,8-9,18H2,1-4H3,(H,19,22)/t15-/m0/s1. The molecule has 128 valence electrons. The van der Waals surface area contributed by atoms with Crippen molar-refractivity contribution in [3.63, 3.8) is 0 Å². The van der Waals surface area contributed by atoms with E-state index in [-0.39, 0.29) is 24.3 Å². The van der Waals surface area contributed by atoms with E-state index in [2.05, 4.69) is 5.32 Å². The summed E-state index contributed by atoms with van der Waals surface area (Å²) in [5.41, 5.74) is 6.52. The number of carbonyl (C=O) groups is 2. The number of ether oxygens (including phenoxy) is 1. The minimum absolute atomic E-state index is 0.0125. The fourth-order valence-corrected chi connectivity index (χ4v) is 2.13. The van der Waals surface area contributed by atoms with E-state index < -0.39 is 6.04 Å². The van der Waals surface area contributed by atoms with Gasteiger partial charge >= 0.3 is 0 Å². The van der Waals surface area contributed by atoms with E-state index in [4.69, 9.17) is 22.1 Å². The van der Waals surface area contributed by atoms with Gasteiger partial charge in [-0.05, 0) is 24.1 Å². The number of hydrogen-bond acceptors (Lipinski definition) is 4. The summed E-state index contributed by atoms with van der Waals surface area (Å²) >= 11 is 5.97. The van der Waals surface area contributed by atoms with Crippen molar-refractivity contribution >= 4 is 23.4 Å². The Balaban J connectivity index is 2.61. The van der Waals surface area contributed by atoms with E-state index in [1.54, 1.807) is 32.4 Å². The molecule has 0 aliphatic heterocycles. The third kappa shape index (κ3) is 5.73. The molecule has 0 fully saturated rings. The first kappa shape index (κ1) is 19.3. The number of nitrogens with one attached hydrogen (secondary N) is 1. The summed E-state index contributed by atoms with van der Waals surface area (Å²) in [5, 5.41) is 3.13. The predicted molar refractivity (Wildman–Crippen MR) is 90.3 cm³/mol. The first-order valence-electron chi connectivity index (χ1n) is 7.36. The van der Waals surface area contributed by atoms with Crippen LogP contribution in [0.25, 0.3) is 0 Å². The minimum atomic E-state index is -0.624. The Kier molecular flexibility index (Phi) is 7.32. The maximum Gasteiger partial charge on any atom is 0.242 e. The molecule has 2 amide bonds. The van der Waals surface area contributed by atoms with Crippen molar-refractivity contribution in [1.82, 2.24) is 10.2 Å². The van der Waals surface area contributed by atoms with Gasteiger partial charge in [0, 0.05) is 24.2 Å². The third-order valence-electron chi connectivity index (χ3n) is 3.51. The Morgan fingerprint density at radius 1 is 1.39 bits per heavy atom. The Hall–Kier alpha value is -1.79. The van der Waals surface area contributed by atoms with E-state index in [0.29, 0.717) is 17.3 Å². The summed E-state index contributed by atoms with van der Waals surface area (Å²) in [6, 6.07) is 4.59. The number of nitrogens with two attached hydrogens (primary N) is 1. The van der Waals surface area contributed by atoms with Crippen molar-refractivity contribution in [2.24, 2.45) is 11.7 Å². The van der Waals surface area contributed by atoms with E-state index in [1.807, 2.05) is 13.8 Å². The zero-order valence-electron chi connectivity index (χ0n) is 13.9. The summed E-state index contributed by atoms with van der Waals surface area (Å²) < 4.78 is 5.25. The second kappa shape index (κ2) is 8.74. The molecule has 1 atom stereocenters. The first-order chi connectivity index (χ1) is 10.8. The van der Waals surface area contributed by atoms with Gasteiger partial charge < -0.3 is 20.7 Å². The molecule has 3 N–H and O–H groups in total. The lowest BCUT2D eigenvalue weighted by atomic mass is 10.1. The average molecular weight is 342 g/mol. The SMILES string of the molecule is COc1ccc(Cl)cc1CN(C)C(=O)CNC(=O)[C@@H](N)C(C)C. The summed E-state index contributed by atoms with van der Waals surface area (Å²) in [6.45, 7) is 3.93. The number of benzene rings is 1. The molecule has 7 heteroatoms. The van der Waals surface area contributed by atoms with Crippen molar-refractivity contribution < 1.29 is 14.3 Å². The second-order valence-electron chi connectivity index (χ2n) is 5.69. The maximum absolute atomic E-state index is 12.1. The topological polar surface area (TPSA) is 84.7 Å². The molecular formula is C16H24ClN3O3. The number of carbonyl (C=O) groups excluding carboxylic acids is 2. The zero-order chi connectivity index (χ0) is 17.6. The van der Waals surface area contributed by atoms with Gasteiger partial charge in [0.2, 0.25) is 11.8 Å². The highest BCUT2D eigenvalue weighted by atomic mass is 35.5. The molecule has 23 heavy (non-hydrogen) atoms. The lowest BCUT2D eigenvalue weighted by molar-refractivity contribution is -0.132. The molecule has 0 bridgehead atoms. The van der Waals surface area contributed by atoms with Crippen molar-refractivity contribution in [3.05, 3.63) is 28.8 Å². The summed E-state index contributed by atoms with van der Waals surface area (Å²) in [5.74, 6) is 0.108. The van der Waals surface area contributed by atoms with E-state index in [0.717, 1.165) is 5.56 Å². The fourth-order valence-electron chi connectivity index (χ4n) is 1.93. The molecule has 0 aliphatic rings. The van der Waals surface area contributed by atoms with Crippen molar-refractivity contribution in [1.29, 1.82) is 0 Å². The van der Waals surface area contributed by atoms with Gasteiger partial charge in [-0.3, -0.25) is 9.59 Å². The molecule has 1 rings (SSSR count). The molecule has 0 radical (unpaired) electrons. The Morgan fingerprint density at radius 2 is 2.04 bits per heavy atom. The van der Waals surface area contributed by atoms with Crippen LogP contribution in [0.5, 0.6) is 5.75 Å². The number of methoxy groups -OCH3 is 1. The van der Waals surface area contributed by atoms with Crippen molar-refractivity contribution in [2.45, 2.75) is 26.4 Å². The smallest absolute Gasteiger partial charge is 0.242 e. The van der Waals surface area contributed by atoms with Crippen molar-refractivity contribution in [2.75, 3.05) is 20.7 Å². The van der Waals surface area contributed by atoms with Gasteiger partial charge in [-0.15, -0.1) is 0 Å². The van der Waals surface area contributed by atoms with Crippen LogP contribution in [0, 0.1) is 5.92 Å². The van der Waals surface area contributed by atoms with Crippen LogP contribution in [0.4, 0.5) is 0 Å². The van der Waals surface area contributed by atoms with Gasteiger partial charge in [0.05, 0.1) is 19.7 Å². The fraction of sp³-hybridized carbons (Fsp3) is 0.500. The van der Waals surface area contributed by atoms with Crippen LogP contribution >= 0.6 is 11.6 Å². The number of nitrogens with zero attached hydrogens (tertiary/aromatic N) is 1. The largest absolute Gasteiger partial charge is 0.496 e. The molecule has 0 aromatic heterocycles. The third-order valence-corrected chi connectivity index (χ3v) is 3.75. The number of halogens is 1. The highest BCUT2D eigenvalue weighted by Gasteiger charge is 2.19. The molecule has 6 nitrogen and oxygen atoms in total. The van der Waals surface area contributed by atoms with Gasteiger partial charge in [-0.1, -0.05) is 25.4 Å². The number of likely N-dealkylation sites (N-methyl/N-ethyl adjacent to an activating group) is 1. The normalized spacial score (nSPS) is 12.0. The molecule has 0 heterocycles. The Morgan fingerprint density at radius 3 is 2.61 bits per heavy atom. The van der Waals surface area contributed by atoms with Crippen LogP contribution in [-0.4, -0.2) is 43.5 Å². The van der Waals surface area contributed by atoms with Crippen LogP contribution in [0.1, 0.15) is 19.4 Å². The molecule has 1 aromatic carbocycles.